The van der Waals surface area contributed by atoms with E-state index in [-0.39, 0.29) is 27.2 Å². The first-order valence-electron chi connectivity index (χ1n) is 4.99. The fourth-order valence-corrected chi connectivity index (χ4v) is 1.87. The Hall–Kier alpha value is -1.49. The van der Waals surface area contributed by atoms with Crippen LogP contribution in [-0.4, -0.2) is 16.1 Å². The maximum atomic E-state index is 10.8. The Bertz CT molecular complexity index is 646. The van der Waals surface area contributed by atoms with Crippen molar-refractivity contribution in [1.29, 1.82) is 0 Å². The van der Waals surface area contributed by atoms with Crippen molar-refractivity contribution >= 4 is 40.8 Å². The van der Waals surface area contributed by atoms with Gasteiger partial charge in [0.15, 0.2) is 0 Å². The number of pyridine rings is 1. The summed E-state index contributed by atoms with van der Waals surface area (Å²) in [6.45, 7) is 0. The van der Waals surface area contributed by atoms with Crippen molar-refractivity contribution in [1.82, 2.24) is 4.98 Å². The number of benzene rings is 1. The molecule has 1 aromatic carbocycles. The summed E-state index contributed by atoms with van der Waals surface area (Å²) in [6.07, 6.45) is 1.32. The third-order valence-electron chi connectivity index (χ3n) is 2.17. The van der Waals surface area contributed by atoms with Gasteiger partial charge in [-0.3, -0.25) is 0 Å². The Labute approximate surface area is 123 Å². The fourth-order valence-electron chi connectivity index (χ4n) is 1.29. The van der Waals surface area contributed by atoms with Crippen LogP contribution in [0.25, 0.3) is 0 Å². The Morgan fingerprint density at radius 2 is 1.79 bits per heavy atom. The molecule has 2 aromatic rings. The van der Waals surface area contributed by atoms with Crippen LogP contribution in [0.2, 0.25) is 15.1 Å². The molecule has 2 rings (SSSR count). The SMILES string of the molecule is O=C(O)c1ccnc(Oc2cc(Cl)c(Cl)cc2Cl)c1. The van der Waals surface area contributed by atoms with Gasteiger partial charge in [-0.2, -0.15) is 0 Å². The number of hydrogen-bond acceptors (Lipinski definition) is 3. The molecule has 0 spiro atoms. The minimum atomic E-state index is -1.08. The summed E-state index contributed by atoms with van der Waals surface area (Å²) >= 11 is 17.6. The summed E-state index contributed by atoms with van der Waals surface area (Å²) < 4.78 is 5.39. The van der Waals surface area contributed by atoms with E-state index in [9.17, 15) is 4.79 Å². The molecule has 98 valence electrons. The van der Waals surface area contributed by atoms with Crippen LogP contribution >= 0.6 is 34.8 Å². The average molecular weight is 319 g/mol. The van der Waals surface area contributed by atoms with E-state index in [1.165, 1.54) is 30.5 Å². The highest BCUT2D eigenvalue weighted by molar-refractivity contribution is 6.43. The number of ether oxygens (including phenoxy) is 1. The summed E-state index contributed by atoms with van der Waals surface area (Å²) in [4.78, 5) is 14.7. The molecule has 0 bridgehead atoms. The van der Waals surface area contributed by atoms with Crippen LogP contribution in [0.3, 0.4) is 0 Å². The van der Waals surface area contributed by atoms with Crippen molar-refractivity contribution in [2.75, 3.05) is 0 Å². The Balaban J connectivity index is 2.33. The summed E-state index contributed by atoms with van der Waals surface area (Å²) in [5.41, 5.74) is 0.0567. The molecular formula is C12H6Cl3NO3. The number of hydrogen-bond donors (Lipinski definition) is 1. The molecule has 0 amide bonds. The molecule has 0 radical (unpaired) electrons. The van der Waals surface area contributed by atoms with E-state index in [4.69, 9.17) is 44.6 Å². The van der Waals surface area contributed by atoms with Crippen molar-refractivity contribution in [3.8, 4) is 11.6 Å². The van der Waals surface area contributed by atoms with E-state index in [1.54, 1.807) is 0 Å². The average Bonchev–Trinajstić information content (AvgIpc) is 2.36. The normalized spacial score (nSPS) is 10.3. The standard InChI is InChI=1S/C12H6Cl3NO3/c13-7-4-9(15)10(5-8(7)14)19-11-3-6(12(17)18)1-2-16-11/h1-5H,(H,17,18). The zero-order valence-corrected chi connectivity index (χ0v) is 11.5. The topological polar surface area (TPSA) is 59.4 Å². The van der Waals surface area contributed by atoms with Crippen LogP contribution in [0.1, 0.15) is 10.4 Å². The van der Waals surface area contributed by atoms with E-state index in [2.05, 4.69) is 4.98 Å². The Morgan fingerprint density at radius 3 is 2.47 bits per heavy atom. The van der Waals surface area contributed by atoms with Crippen LogP contribution < -0.4 is 4.74 Å². The zero-order chi connectivity index (χ0) is 14.0. The van der Waals surface area contributed by atoms with Crippen LogP contribution in [0.15, 0.2) is 30.5 Å². The number of carbonyl (C=O) groups is 1. The maximum absolute atomic E-state index is 10.8. The molecule has 7 heteroatoms. The first-order chi connectivity index (χ1) is 8.97. The van der Waals surface area contributed by atoms with E-state index >= 15 is 0 Å². The molecule has 0 aliphatic carbocycles. The van der Waals surface area contributed by atoms with Crippen molar-refractivity contribution in [2.24, 2.45) is 0 Å². The predicted octanol–water partition coefficient (Wildman–Crippen LogP) is 4.53. The molecule has 0 atom stereocenters. The van der Waals surface area contributed by atoms with Gasteiger partial charge >= 0.3 is 5.97 Å². The molecule has 0 fully saturated rings. The first kappa shape index (κ1) is 13.9. The highest BCUT2D eigenvalue weighted by Gasteiger charge is 2.10. The second-order valence-corrected chi connectivity index (χ2v) is 4.71. The number of halogens is 3. The third-order valence-corrected chi connectivity index (χ3v) is 3.19. The lowest BCUT2D eigenvalue weighted by Crippen LogP contribution is -1.97. The van der Waals surface area contributed by atoms with E-state index in [1.807, 2.05) is 0 Å². The van der Waals surface area contributed by atoms with Gasteiger partial charge < -0.3 is 9.84 Å². The Morgan fingerprint density at radius 1 is 1.11 bits per heavy atom. The van der Waals surface area contributed by atoms with E-state index < -0.39 is 5.97 Å². The van der Waals surface area contributed by atoms with E-state index in [0.29, 0.717) is 5.02 Å². The minimum Gasteiger partial charge on any atom is -0.478 e. The van der Waals surface area contributed by atoms with Crippen molar-refractivity contribution in [3.63, 3.8) is 0 Å². The molecule has 0 saturated heterocycles. The van der Waals surface area contributed by atoms with Gasteiger partial charge in [-0.15, -0.1) is 0 Å². The summed E-state index contributed by atoms with van der Waals surface area (Å²) in [5, 5.41) is 9.68. The van der Waals surface area contributed by atoms with Crippen LogP contribution in [-0.2, 0) is 0 Å². The molecule has 0 saturated carbocycles. The third kappa shape index (κ3) is 3.29. The number of carboxylic acid groups (broad SMARTS) is 1. The molecule has 19 heavy (non-hydrogen) atoms. The maximum Gasteiger partial charge on any atom is 0.335 e. The molecule has 0 aliphatic rings. The van der Waals surface area contributed by atoms with Crippen molar-refractivity contribution < 1.29 is 14.6 Å². The van der Waals surface area contributed by atoms with Gasteiger partial charge in [0.1, 0.15) is 5.75 Å². The van der Waals surface area contributed by atoms with E-state index in [0.717, 1.165) is 0 Å². The number of nitrogens with zero attached hydrogens (tertiary/aromatic N) is 1. The second-order valence-electron chi connectivity index (χ2n) is 3.49. The van der Waals surface area contributed by atoms with Gasteiger partial charge in [0.25, 0.3) is 0 Å². The minimum absolute atomic E-state index is 0.0567. The Kier molecular flexibility index (Phi) is 4.14. The van der Waals surface area contributed by atoms with Crippen LogP contribution in [0.4, 0.5) is 0 Å². The van der Waals surface area contributed by atoms with Gasteiger partial charge in [0.05, 0.1) is 20.6 Å². The lowest BCUT2D eigenvalue weighted by molar-refractivity contribution is 0.0696. The molecule has 0 unspecified atom stereocenters. The summed E-state index contributed by atoms with van der Waals surface area (Å²) in [5.74, 6) is -0.737. The second kappa shape index (κ2) is 5.65. The van der Waals surface area contributed by atoms with Crippen molar-refractivity contribution in [2.45, 2.75) is 0 Å². The van der Waals surface area contributed by atoms with Gasteiger partial charge in [-0.25, -0.2) is 9.78 Å². The molecular weight excluding hydrogens is 312 g/mol. The molecule has 1 N–H and O–H groups in total. The molecule has 0 aliphatic heterocycles. The van der Waals surface area contributed by atoms with Crippen LogP contribution in [0.5, 0.6) is 11.6 Å². The fraction of sp³-hybridized carbons (Fsp3) is 0. The van der Waals surface area contributed by atoms with Gasteiger partial charge in [0, 0.05) is 18.3 Å². The first-order valence-corrected chi connectivity index (χ1v) is 6.12. The largest absolute Gasteiger partial charge is 0.478 e. The van der Waals surface area contributed by atoms with Gasteiger partial charge in [-0.1, -0.05) is 34.8 Å². The smallest absolute Gasteiger partial charge is 0.335 e. The molecule has 1 aromatic heterocycles. The van der Waals surface area contributed by atoms with Gasteiger partial charge in [-0.05, 0) is 12.1 Å². The number of aromatic carboxylic acids is 1. The highest BCUT2D eigenvalue weighted by atomic mass is 35.5. The van der Waals surface area contributed by atoms with Crippen molar-refractivity contribution in [3.05, 3.63) is 51.1 Å². The zero-order valence-electron chi connectivity index (χ0n) is 9.23. The number of rotatable bonds is 3. The van der Waals surface area contributed by atoms with Crippen LogP contribution in [0, 0.1) is 0 Å². The number of aromatic nitrogens is 1. The quantitative estimate of drug-likeness (QED) is 0.844. The lowest BCUT2D eigenvalue weighted by atomic mass is 10.3. The molecule has 4 nitrogen and oxygen atoms in total. The lowest BCUT2D eigenvalue weighted by Gasteiger charge is -2.08. The summed E-state index contributed by atoms with van der Waals surface area (Å²) in [6, 6.07) is 5.50. The van der Waals surface area contributed by atoms with Gasteiger partial charge in [0.2, 0.25) is 5.88 Å². The number of carboxylic acids is 1. The summed E-state index contributed by atoms with van der Waals surface area (Å²) in [7, 11) is 0. The highest BCUT2D eigenvalue weighted by Crippen LogP contribution is 2.35. The molecule has 1 heterocycles. The predicted molar refractivity (Wildman–Crippen MR) is 72.7 cm³/mol. The monoisotopic (exact) mass is 317 g/mol.